The van der Waals surface area contributed by atoms with Crippen molar-refractivity contribution in [3.63, 3.8) is 0 Å². The summed E-state index contributed by atoms with van der Waals surface area (Å²) in [6.45, 7) is 0. The van der Waals surface area contributed by atoms with Crippen LogP contribution in [0.25, 0.3) is 5.69 Å². The number of nitrogens with one attached hydrogen (secondary N) is 1. The Morgan fingerprint density at radius 1 is 1.39 bits per heavy atom. The number of rotatable bonds is 1. The first-order chi connectivity index (χ1) is 8.70. The largest absolute Gasteiger partial charge is 0.459 e. The third-order valence-electron chi connectivity index (χ3n) is 2.29. The summed E-state index contributed by atoms with van der Waals surface area (Å²) in [6.07, 6.45) is 3.62. The Hall–Kier alpha value is -2.32. The molecule has 0 radical (unpaired) electrons. The summed E-state index contributed by atoms with van der Waals surface area (Å²) in [7, 11) is 1.30. The van der Waals surface area contributed by atoms with E-state index in [0.29, 0.717) is 4.77 Å². The lowest BCUT2D eigenvalue weighted by Gasteiger charge is -2.01. The summed E-state index contributed by atoms with van der Waals surface area (Å²) in [6, 6.07) is 7.40. The van der Waals surface area contributed by atoms with Gasteiger partial charge >= 0.3 is 5.97 Å². The highest BCUT2D eigenvalue weighted by Crippen LogP contribution is 2.09. The maximum absolute atomic E-state index is 10.9. The second kappa shape index (κ2) is 5.34. The van der Waals surface area contributed by atoms with Crippen LogP contribution in [-0.2, 0) is 9.53 Å². The van der Waals surface area contributed by atoms with Crippen molar-refractivity contribution in [2.75, 3.05) is 7.11 Å². The fraction of sp³-hybridized carbons (Fsp3) is 0.0769. The Kier molecular flexibility index (Phi) is 3.60. The fourth-order valence-electron chi connectivity index (χ4n) is 1.40. The number of carbonyl (C=O) groups is 1. The van der Waals surface area contributed by atoms with E-state index in [2.05, 4.69) is 21.6 Å². The number of benzene rings is 1. The molecule has 90 valence electrons. The van der Waals surface area contributed by atoms with Gasteiger partial charge in [0.2, 0.25) is 0 Å². The van der Waals surface area contributed by atoms with Crippen molar-refractivity contribution >= 4 is 18.2 Å². The number of hydrogen-bond donors (Lipinski definition) is 1. The van der Waals surface area contributed by atoms with Crippen LogP contribution in [0.2, 0.25) is 0 Å². The lowest BCUT2D eigenvalue weighted by Crippen LogP contribution is -1.95. The molecule has 0 fully saturated rings. The first kappa shape index (κ1) is 12.1. The molecule has 1 aromatic carbocycles. The van der Waals surface area contributed by atoms with E-state index in [1.54, 1.807) is 6.20 Å². The van der Waals surface area contributed by atoms with Crippen molar-refractivity contribution in [2.24, 2.45) is 0 Å². The van der Waals surface area contributed by atoms with E-state index in [9.17, 15) is 4.79 Å². The molecule has 1 heterocycles. The SMILES string of the molecule is COC(=O)C#Cc1ccc(-n2cc[nH]c2=S)cc1. The molecule has 0 unspecified atom stereocenters. The van der Waals surface area contributed by atoms with E-state index in [1.165, 1.54) is 7.11 Å². The van der Waals surface area contributed by atoms with Crippen LogP contribution in [0.15, 0.2) is 36.7 Å². The van der Waals surface area contributed by atoms with Crippen molar-refractivity contribution < 1.29 is 9.53 Å². The molecule has 2 rings (SSSR count). The fourth-order valence-corrected chi connectivity index (χ4v) is 1.64. The highest BCUT2D eigenvalue weighted by molar-refractivity contribution is 7.71. The molecule has 0 saturated heterocycles. The van der Waals surface area contributed by atoms with E-state index in [4.69, 9.17) is 12.2 Å². The van der Waals surface area contributed by atoms with Crippen LogP contribution in [0.3, 0.4) is 0 Å². The number of imidazole rings is 1. The van der Waals surface area contributed by atoms with Gasteiger partial charge in [-0.1, -0.05) is 5.92 Å². The van der Waals surface area contributed by atoms with Crippen molar-refractivity contribution in [2.45, 2.75) is 0 Å². The molecular weight excluding hydrogens is 248 g/mol. The van der Waals surface area contributed by atoms with Crippen LogP contribution < -0.4 is 0 Å². The molecule has 0 spiro atoms. The Morgan fingerprint density at radius 3 is 2.67 bits per heavy atom. The molecule has 2 aromatic rings. The minimum absolute atomic E-state index is 0.549. The zero-order chi connectivity index (χ0) is 13.0. The summed E-state index contributed by atoms with van der Waals surface area (Å²) in [5.74, 6) is 4.54. The number of H-pyrrole nitrogens is 1. The van der Waals surface area contributed by atoms with Crippen molar-refractivity contribution in [1.29, 1.82) is 0 Å². The lowest BCUT2D eigenvalue weighted by atomic mass is 10.2. The molecule has 5 heteroatoms. The minimum atomic E-state index is -0.549. The predicted molar refractivity (Wildman–Crippen MR) is 69.8 cm³/mol. The lowest BCUT2D eigenvalue weighted by molar-refractivity contribution is -0.133. The Labute approximate surface area is 109 Å². The molecule has 0 saturated carbocycles. The van der Waals surface area contributed by atoms with Crippen LogP contribution >= 0.6 is 12.2 Å². The molecular formula is C13H10N2O2S. The highest BCUT2D eigenvalue weighted by Gasteiger charge is 1.97. The average molecular weight is 258 g/mol. The van der Waals surface area contributed by atoms with Crippen LogP contribution in [0.1, 0.15) is 5.56 Å². The number of aromatic nitrogens is 2. The van der Waals surface area contributed by atoms with Gasteiger partial charge in [-0.05, 0) is 36.5 Å². The van der Waals surface area contributed by atoms with E-state index in [1.807, 2.05) is 35.0 Å². The molecule has 0 aliphatic heterocycles. The number of esters is 1. The van der Waals surface area contributed by atoms with E-state index >= 15 is 0 Å². The molecule has 0 aliphatic carbocycles. The molecule has 4 nitrogen and oxygen atoms in total. The van der Waals surface area contributed by atoms with Gasteiger partial charge in [-0.15, -0.1) is 0 Å². The maximum Gasteiger partial charge on any atom is 0.384 e. The third-order valence-corrected chi connectivity index (χ3v) is 2.60. The molecule has 1 N–H and O–H groups in total. The standard InChI is InChI=1S/C13H10N2O2S/c1-17-12(16)7-4-10-2-5-11(6-3-10)15-9-8-14-13(15)18/h2-3,5-6,8-9H,1H3,(H,14,18). The average Bonchev–Trinajstić information content (AvgIpc) is 2.83. The van der Waals surface area contributed by atoms with Gasteiger partial charge < -0.3 is 9.72 Å². The van der Waals surface area contributed by atoms with Crippen LogP contribution in [0, 0.1) is 16.6 Å². The number of ether oxygens (including phenoxy) is 1. The Morgan fingerprint density at radius 2 is 2.11 bits per heavy atom. The molecule has 0 bridgehead atoms. The first-order valence-electron chi connectivity index (χ1n) is 5.17. The number of carbonyl (C=O) groups excluding carboxylic acids is 1. The van der Waals surface area contributed by atoms with Gasteiger partial charge in [0.05, 0.1) is 7.11 Å². The monoisotopic (exact) mass is 258 g/mol. The van der Waals surface area contributed by atoms with Gasteiger partial charge in [-0.25, -0.2) is 4.79 Å². The normalized spacial score (nSPS) is 9.39. The van der Waals surface area contributed by atoms with E-state index in [0.717, 1.165) is 11.3 Å². The van der Waals surface area contributed by atoms with Gasteiger partial charge in [0.15, 0.2) is 4.77 Å². The van der Waals surface area contributed by atoms with Crippen LogP contribution in [-0.4, -0.2) is 22.6 Å². The highest BCUT2D eigenvalue weighted by atomic mass is 32.1. The zero-order valence-corrected chi connectivity index (χ0v) is 10.5. The summed E-state index contributed by atoms with van der Waals surface area (Å²) in [4.78, 5) is 13.8. The van der Waals surface area contributed by atoms with Crippen LogP contribution in [0.5, 0.6) is 0 Å². The number of aromatic amines is 1. The maximum atomic E-state index is 10.9. The van der Waals surface area contributed by atoms with E-state index in [-0.39, 0.29) is 0 Å². The third kappa shape index (κ3) is 2.67. The van der Waals surface area contributed by atoms with Gasteiger partial charge in [-0.2, -0.15) is 0 Å². The van der Waals surface area contributed by atoms with Crippen molar-refractivity contribution in [3.8, 4) is 17.5 Å². The first-order valence-corrected chi connectivity index (χ1v) is 5.58. The summed E-state index contributed by atoms with van der Waals surface area (Å²) >= 11 is 5.12. The molecule has 1 aromatic heterocycles. The molecule has 0 atom stereocenters. The second-order valence-electron chi connectivity index (χ2n) is 3.42. The topological polar surface area (TPSA) is 47.0 Å². The Bertz CT molecular complexity index is 671. The number of nitrogens with zero attached hydrogens (tertiary/aromatic N) is 1. The number of hydrogen-bond acceptors (Lipinski definition) is 3. The van der Waals surface area contributed by atoms with Gasteiger partial charge in [-0.3, -0.25) is 4.57 Å². The van der Waals surface area contributed by atoms with Gasteiger partial charge in [0.1, 0.15) is 0 Å². The zero-order valence-electron chi connectivity index (χ0n) is 9.64. The second-order valence-corrected chi connectivity index (χ2v) is 3.81. The summed E-state index contributed by atoms with van der Waals surface area (Å²) < 4.78 is 6.90. The quantitative estimate of drug-likeness (QED) is 0.484. The minimum Gasteiger partial charge on any atom is -0.459 e. The van der Waals surface area contributed by atoms with Crippen LogP contribution in [0.4, 0.5) is 0 Å². The van der Waals surface area contributed by atoms with Gasteiger partial charge in [0, 0.05) is 29.6 Å². The van der Waals surface area contributed by atoms with E-state index < -0.39 is 5.97 Å². The van der Waals surface area contributed by atoms with Gasteiger partial charge in [0.25, 0.3) is 0 Å². The summed E-state index contributed by atoms with van der Waals surface area (Å²) in [5, 5.41) is 0. The number of methoxy groups -OCH3 is 1. The smallest absolute Gasteiger partial charge is 0.384 e. The van der Waals surface area contributed by atoms with Crippen molar-refractivity contribution in [1.82, 2.24) is 9.55 Å². The molecule has 0 amide bonds. The van der Waals surface area contributed by atoms with Crippen molar-refractivity contribution in [3.05, 3.63) is 47.0 Å². The molecule has 18 heavy (non-hydrogen) atoms. The molecule has 0 aliphatic rings. The predicted octanol–water partition coefficient (Wildman–Crippen LogP) is 2.06. The Balaban J connectivity index is 2.25. The summed E-state index contributed by atoms with van der Waals surface area (Å²) in [5.41, 5.74) is 1.68.